The van der Waals surface area contributed by atoms with E-state index in [-0.39, 0.29) is 0 Å². The van der Waals surface area contributed by atoms with E-state index in [1.54, 1.807) is 12.4 Å². The van der Waals surface area contributed by atoms with Gasteiger partial charge < -0.3 is 0 Å². The Hall–Kier alpha value is -3.12. The van der Waals surface area contributed by atoms with Crippen molar-refractivity contribution >= 4 is 5.65 Å². The zero-order valence-electron chi connectivity index (χ0n) is 15.0. The normalized spacial score (nSPS) is 14.8. The van der Waals surface area contributed by atoms with E-state index in [0.29, 0.717) is 0 Å². The van der Waals surface area contributed by atoms with Crippen LogP contribution in [0.5, 0.6) is 0 Å². The van der Waals surface area contributed by atoms with E-state index >= 15 is 0 Å². The minimum absolute atomic E-state index is 0.814. The fourth-order valence-corrected chi connectivity index (χ4v) is 3.59. The molecule has 0 atom stereocenters. The van der Waals surface area contributed by atoms with Gasteiger partial charge in [-0.05, 0) is 67.9 Å². The van der Waals surface area contributed by atoms with E-state index in [9.17, 15) is 0 Å². The number of aromatic nitrogens is 5. The van der Waals surface area contributed by atoms with Crippen LogP contribution in [0, 0.1) is 0 Å². The zero-order chi connectivity index (χ0) is 18.1. The van der Waals surface area contributed by atoms with E-state index < -0.39 is 0 Å². The van der Waals surface area contributed by atoms with Crippen LogP contribution in [-0.4, -0.2) is 42.6 Å². The molecule has 0 unspecified atom stereocenters. The zero-order valence-corrected chi connectivity index (χ0v) is 15.0. The van der Waals surface area contributed by atoms with Gasteiger partial charge in [0.1, 0.15) is 5.69 Å². The van der Waals surface area contributed by atoms with Crippen LogP contribution < -0.4 is 0 Å². The standard InChI is InChI=1S/C21H20N6/c1-2-12-26(11-1)14-16-5-10-23-19(13-16)20-15-27-21(24-20)4-3-18(25-27)17-6-8-22-9-7-17/h3-10,13,15H,1-2,11-12,14H2. The summed E-state index contributed by atoms with van der Waals surface area (Å²) in [5, 5.41) is 4.69. The molecule has 134 valence electrons. The van der Waals surface area contributed by atoms with Gasteiger partial charge in [-0.15, -0.1) is 0 Å². The molecule has 0 saturated carbocycles. The molecular formula is C21H20N6. The number of rotatable bonds is 4. The number of fused-ring (bicyclic) bond motifs is 1. The molecule has 0 amide bonds. The van der Waals surface area contributed by atoms with Gasteiger partial charge in [0.05, 0.1) is 17.6 Å². The lowest BCUT2D eigenvalue weighted by Crippen LogP contribution is -2.18. The number of hydrogen-bond acceptors (Lipinski definition) is 5. The van der Waals surface area contributed by atoms with Gasteiger partial charge in [0, 0.05) is 30.7 Å². The monoisotopic (exact) mass is 356 g/mol. The van der Waals surface area contributed by atoms with Crippen LogP contribution in [0.25, 0.3) is 28.3 Å². The molecule has 5 rings (SSSR count). The first-order chi connectivity index (χ1) is 13.3. The van der Waals surface area contributed by atoms with Crippen molar-refractivity contribution < 1.29 is 0 Å². The molecule has 1 saturated heterocycles. The Kier molecular flexibility index (Phi) is 4.10. The molecule has 27 heavy (non-hydrogen) atoms. The summed E-state index contributed by atoms with van der Waals surface area (Å²) in [6.07, 6.45) is 9.97. The number of imidazole rings is 1. The molecule has 5 heterocycles. The van der Waals surface area contributed by atoms with Crippen molar-refractivity contribution in [3.8, 4) is 22.6 Å². The lowest BCUT2D eigenvalue weighted by Gasteiger charge is -2.14. The predicted molar refractivity (Wildman–Crippen MR) is 104 cm³/mol. The number of pyridine rings is 2. The minimum Gasteiger partial charge on any atom is -0.299 e. The van der Waals surface area contributed by atoms with E-state index in [0.717, 1.165) is 34.8 Å². The van der Waals surface area contributed by atoms with E-state index in [4.69, 9.17) is 4.98 Å². The number of hydrogen-bond donors (Lipinski definition) is 0. The average molecular weight is 356 g/mol. The Labute approximate surface area is 157 Å². The third kappa shape index (κ3) is 3.31. The van der Waals surface area contributed by atoms with Gasteiger partial charge in [-0.1, -0.05) is 0 Å². The van der Waals surface area contributed by atoms with Gasteiger partial charge >= 0.3 is 0 Å². The van der Waals surface area contributed by atoms with Crippen LogP contribution >= 0.6 is 0 Å². The molecule has 0 aliphatic carbocycles. The molecule has 1 aliphatic heterocycles. The molecule has 4 aromatic rings. The highest BCUT2D eigenvalue weighted by Gasteiger charge is 2.13. The molecule has 0 bridgehead atoms. The maximum atomic E-state index is 4.70. The average Bonchev–Trinajstić information content (AvgIpc) is 3.38. The van der Waals surface area contributed by atoms with Crippen molar-refractivity contribution in [2.45, 2.75) is 19.4 Å². The topological polar surface area (TPSA) is 59.2 Å². The van der Waals surface area contributed by atoms with Crippen LogP contribution in [0.4, 0.5) is 0 Å². The Morgan fingerprint density at radius 1 is 0.852 bits per heavy atom. The molecular weight excluding hydrogens is 336 g/mol. The molecule has 1 fully saturated rings. The van der Waals surface area contributed by atoms with E-state index in [1.165, 1.54) is 31.5 Å². The highest BCUT2D eigenvalue weighted by Crippen LogP contribution is 2.21. The van der Waals surface area contributed by atoms with E-state index in [2.05, 4.69) is 32.1 Å². The second-order valence-electron chi connectivity index (χ2n) is 6.92. The van der Waals surface area contributed by atoms with Crippen LogP contribution in [-0.2, 0) is 6.54 Å². The SMILES string of the molecule is c1cc(-c2ccc3nc(-c4cc(CN5CCCC5)ccn4)cn3n2)ccn1. The quantitative estimate of drug-likeness (QED) is 0.560. The first kappa shape index (κ1) is 16.1. The lowest BCUT2D eigenvalue weighted by molar-refractivity contribution is 0.331. The summed E-state index contributed by atoms with van der Waals surface area (Å²) in [6, 6.07) is 12.1. The number of likely N-dealkylation sites (tertiary alicyclic amines) is 1. The summed E-state index contributed by atoms with van der Waals surface area (Å²) in [5.74, 6) is 0. The first-order valence-corrected chi connectivity index (χ1v) is 9.30. The minimum atomic E-state index is 0.814. The maximum Gasteiger partial charge on any atom is 0.154 e. The first-order valence-electron chi connectivity index (χ1n) is 9.30. The Balaban J connectivity index is 1.46. The highest BCUT2D eigenvalue weighted by atomic mass is 15.2. The van der Waals surface area contributed by atoms with Gasteiger partial charge in [0.2, 0.25) is 0 Å². The third-order valence-corrected chi connectivity index (χ3v) is 4.99. The van der Waals surface area contributed by atoms with E-state index in [1.807, 2.05) is 41.2 Å². The van der Waals surface area contributed by atoms with Gasteiger partial charge in [0.15, 0.2) is 5.65 Å². The predicted octanol–water partition coefficient (Wildman–Crippen LogP) is 3.45. The van der Waals surface area contributed by atoms with Crippen molar-refractivity contribution in [1.82, 2.24) is 29.5 Å². The summed E-state index contributed by atoms with van der Waals surface area (Å²) >= 11 is 0. The summed E-state index contributed by atoms with van der Waals surface area (Å²) in [5.41, 5.74) is 5.76. The Bertz CT molecular complexity index is 1070. The fourth-order valence-electron chi connectivity index (χ4n) is 3.59. The summed E-state index contributed by atoms with van der Waals surface area (Å²) in [7, 11) is 0. The number of nitrogens with zero attached hydrogens (tertiary/aromatic N) is 6. The summed E-state index contributed by atoms with van der Waals surface area (Å²) < 4.78 is 1.82. The van der Waals surface area contributed by atoms with Gasteiger partial charge in [-0.25, -0.2) is 9.50 Å². The molecule has 4 aromatic heterocycles. The smallest absolute Gasteiger partial charge is 0.154 e. The van der Waals surface area contributed by atoms with Crippen molar-refractivity contribution in [3.63, 3.8) is 0 Å². The van der Waals surface area contributed by atoms with Crippen LogP contribution in [0.15, 0.2) is 61.2 Å². The van der Waals surface area contributed by atoms with Gasteiger partial charge in [-0.2, -0.15) is 5.10 Å². The Morgan fingerprint density at radius 2 is 1.70 bits per heavy atom. The molecule has 1 aliphatic rings. The molecule has 0 N–H and O–H groups in total. The van der Waals surface area contributed by atoms with Crippen LogP contribution in [0.1, 0.15) is 18.4 Å². The molecule has 6 nitrogen and oxygen atoms in total. The molecule has 0 spiro atoms. The van der Waals surface area contributed by atoms with Crippen LogP contribution in [0.2, 0.25) is 0 Å². The second kappa shape index (κ2) is 6.89. The largest absolute Gasteiger partial charge is 0.299 e. The summed E-state index contributed by atoms with van der Waals surface area (Å²) in [6.45, 7) is 3.36. The van der Waals surface area contributed by atoms with Crippen molar-refractivity contribution in [2.75, 3.05) is 13.1 Å². The van der Waals surface area contributed by atoms with Gasteiger partial charge in [-0.3, -0.25) is 14.9 Å². The molecule has 6 heteroatoms. The van der Waals surface area contributed by atoms with Gasteiger partial charge in [0.25, 0.3) is 0 Å². The van der Waals surface area contributed by atoms with Crippen molar-refractivity contribution in [2.24, 2.45) is 0 Å². The van der Waals surface area contributed by atoms with Crippen LogP contribution in [0.3, 0.4) is 0 Å². The lowest BCUT2D eigenvalue weighted by atomic mass is 10.2. The second-order valence-corrected chi connectivity index (χ2v) is 6.92. The third-order valence-electron chi connectivity index (χ3n) is 4.99. The van der Waals surface area contributed by atoms with Crippen molar-refractivity contribution in [1.29, 1.82) is 0 Å². The highest BCUT2D eigenvalue weighted by molar-refractivity contribution is 5.63. The molecule has 0 radical (unpaired) electrons. The van der Waals surface area contributed by atoms with Crippen molar-refractivity contribution in [3.05, 3.63) is 66.7 Å². The summed E-state index contributed by atoms with van der Waals surface area (Å²) in [4.78, 5) is 15.8. The molecule has 0 aromatic carbocycles. The Morgan fingerprint density at radius 3 is 2.56 bits per heavy atom. The fraction of sp³-hybridized carbons (Fsp3) is 0.238. The maximum absolute atomic E-state index is 4.70.